The molecule has 2 N–H and O–H groups in total. The second-order valence-electron chi connectivity index (χ2n) is 9.39. The van der Waals surface area contributed by atoms with Crippen molar-refractivity contribution in [2.45, 2.75) is 13.8 Å². The molecule has 4 aromatic rings. The van der Waals surface area contributed by atoms with Gasteiger partial charge in [-0.2, -0.15) is 0 Å². The van der Waals surface area contributed by atoms with Crippen LogP contribution in [0, 0.1) is 13.8 Å². The van der Waals surface area contributed by atoms with E-state index in [4.69, 9.17) is 5.73 Å². The summed E-state index contributed by atoms with van der Waals surface area (Å²) in [6.45, 7) is 8.61. The zero-order valence-corrected chi connectivity index (χ0v) is 20.3. The van der Waals surface area contributed by atoms with E-state index >= 15 is 0 Å². The van der Waals surface area contributed by atoms with Gasteiger partial charge in [0.2, 0.25) is 0 Å². The molecule has 1 aliphatic heterocycles. The first kappa shape index (κ1) is 22.2. The van der Waals surface area contributed by atoms with E-state index in [0.717, 1.165) is 53.9 Å². The third-order valence-electron chi connectivity index (χ3n) is 6.99. The highest BCUT2D eigenvalue weighted by Crippen LogP contribution is 2.34. The van der Waals surface area contributed by atoms with Crippen LogP contribution >= 0.6 is 0 Å². The van der Waals surface area contributed by atoms with Crippen LogP contribution in [0.5, 0.6) is 0 Å². The Morgan fingerprint density at radius 3 is 2.26 bits per heavy atom. The van der Waals surface area contributed by atoms with Crippen LogP contribution in [0.15, 0.2) is 59.5 Å². The van der Waals surface area contributed by atoms with Gasteiger partial charge in [0.05, 0.1) is 5.69 Å². The molecule has 1 saturated heterocycles. The van der Waals surface area contributed by atoms with Crippen molar-refractivity contribution in [3.05, 3.63) is 76.2 Å². The van der Waals surface area contributed by atoms with E-state index in [2.05, 4.69) is 53.9 Å². The molecule has 174 valence electrons. The minimum Gasteiger partial charge on any atom is -0.383 e. The summed E-state index contributed by atoms with van der Waals surface area (Å²) in [5.41, 5.74) is 13.7. The van der Waals surface area contributed by atoms with E-state index in [0.29, 0.717) is 11.2 Å². The Morgan fingerprint density at radius 2 is 1.56 bits per heavy atom. The van der Waals surface area contributed by atoms with Gasteiger partial charge in [-0.1, -0.05) is 18.2 Å². The molecule has 0 unspecified atom stereocenters. The van der Waals surface area contributed by atoms with Gasteiger partial charge in [0.15, 0.2) is 0 Å². The summed E-state index contributed by atoms with van der Waals surface area (Å²) in [6.07, 6.45) is 1.82. The zero-order valence-electron chi connectivity index (χ0n) is 20.3. The fourth-order valence-corrected chi connectivity index (χ4v) is 5.10. The SMILES string of the molecule is Cc1cc(-c2cnc(N)c(-c3cc4ccccc4c(=O)n3C)c2)cc(C)c1N1CCN(C)CC1. The Kier molecular flexibility index (Phi) is 5.62. The first-order valence-corrected chi connectivity index (χ1v) is 11.7. The van der Waals surface area contributed by atoms with Crippen molar-refractivity contribution in [3.63, 3.8) is 0 Å². The number of aromatic nitrogens is 2. The number of likely N-dealkylation sites (N-methyl/N-ethyl adjacent to an activating group) is 1. The van der Waals surface area contributed by atoms with Crippen molar-refractivity contribution >= 4 is 22.3 Å². The normalized spacial score (nSPS) is 14.6. The van der Waals surface area contributed by atoms with Crippen molar-refractivity contribution < 1.29 is 0 Å². The van der Waals surface area contributed by atoms with Crippen LogP contribution < -0.4 is 16.2 Å². The fourth-order valence-electron chi connectivity index (χ4n) is 5.10. The van der Waals surface area contributed by atoms with Gasteiger partial charge in [0.1, 0.15) is 5.82 Å². The lowest BCUT2D eigenvalue weighted by Gasteiger charge is -2.36. The molecule has 0 aliphatic carbocycles. The summed E-state index contributed by atoms with van der Waals surface area (Å²) in [7, 11) is 3.96. The quantitative estimate of drug-likeness (QED) is 0.503. The minimum absolute atomic E-state index is 0.0406. The number of anilines is 2. The first-order valence-electron chi connectivity index (χ1n) is 11.7. The highest BCUT2D eigenvalue weighted by atomic mass is 16.1. The van der Waals surface area contributed by atoms with E-state index in [9.17, 15) is 4.79 Å². The maximum Gasteiger partial charge on any atom is 0.258 e. The van der Waals surface area contributed by atoms with Gasteiger partial charge in [0.25, 0.3) is 5.56 Å². The zero-order chi connectivity index (χ0) is 24.0. The number of rotatable bonds is 3. The van der Waals surface area contributed by atoms with Crippen LogP contribution in [0.4, 0.5) is 11.5 Å². The predicted octanol–water partition coefficient (Wildman–Crippen LogP) is 4.22. The van der Waals surface area contributed by atoms with Crippen molar-refractivity contribution in [2.75, 3.05) is 43.9 Å². The standard InChI is InChI=1S/C28H31N5O/c1-18-13-21(14-19(2)26(18)33-11-9-31(3)10-12-33)22-15-24(27(29)30-17-22)25-16-20-7-5-6-8-23(20)28(34)32(25)4/h5-8,13-17H,9-12H2,1-4H3,(H2,29,30). The molecule has 5 rings (SSSR count). The van der Waals surface area contributed by atoms with Crippen LogP contribution in [0.25, 0.3) is 33.2 Å². The van der Waals surface area contributed by atoms with E-state index < -0.39 is 0 Å². The van der Waals surface area contributed by atoms with E-state index in [1.54, 1.807) is 11.6 Å². The molecule has 0 radical (unpaired) electrons. The Hall–Kier alpha value is -3.64. The predicted molar refractivity (Wildman–Crippen MR) is 141 cm³/mol. The summed E-state index contributed by atoms with van der Waals surface area (Å²) in [6, 6.07) is 16.2. The molecular weight excluding hydrogens is 422 g/mol. The Morgan fingerprint density at radius 1 is 0.882 bits per heavy atom. The summed E-state index contributed by atoms with van der Waals surface area (Å²) >= 11 is 0. The Bertz CT molecular complexity index is 1420. The molecule has 3 heterocycles. The van der Waals surface area contributed by atoms with Crippen LogP contribution in [-0.4, -0.2) is 47.7 Å². The summed E-state index contributed by atoms with van der Waals surface area (Å²) < 4.78 is 1.66. The van der Waals surface area contributed by atoms with Gasteiger partial charge in [-0.25, -0.2) is 4.98 Å². The summed E-state index contributed by atoms with van der Waals surface area (Å²) in [5.74, 6) is 0.413. The Balaban J connectivity index is 1.58. The van der Waals surface area contributed by atoms with Gasteiger partial charge >= 0.3 is 0 Å². The van der Waals surface area contributed by atoms with Gasteiger partial charge in [-0.3, -0.25) is 4.79 Å². The van der Waals surface area contributed by atoms with Gasteiger partial charge in [0, 0.05) is 61.6 Å². The fraction of sp³-hybridized carbons (Fsp3) is 0.286. The number of benzene rings is 2. The number of pyridine rings is 2. The van der Waals surface area contributed by atoms with Crippen LogP contribution in [-0.2, 0) is 7.05 Å². The maximum absolute atomic E-state index is 13.0. The molecule has 1 fully saturated rings. The number of hydrogen-bond acceptors (Lipinski definition) is 5. The third-order valence-corrected chi connectivity index (χ3v) is 6.99. The highest BCUT2D eigenvalue weighted by Gasteiger charge is 2.19. The molecular formula is C28H31N5O. The molecule has 0 saturated carbocycles. The second-order valence-corrected chi connectivity index (χ2v) is 9.39. The molecule has 0 amide bonds. The van der Waals surface area contributed by atoms with E-state index in [-0.39, 0.29) is 5.56 Å². The van der Waals surface area contributed by atoms with E-state index in [1.807, 2.05) is 36.5 Å². The summed E-state index contributed by atoms with van der Waals surface area (Å²) in [5, 5.41) is 1.59. The maximum atomic E-state index is 13.0. The molecule has 6 nitrogen and oxygen atoms in total. The van der Waals surface area contributed by atoms with Crippen molar-refractivity contribution in [1.82, 2.24) is 14.5 Å². The first-order chi connectivity index (χ1) is 16.3. The van der Waals surface area contributed by atoms with Crippen molar-refractivity contribution in [3.8, 4) is 22.4 Å². The van der Waals surface area contributed by atoms with Gasteiger partial charge in [-0.15, -0.1) is 0 Å². The topological polar surface area (TPSA) is 67.4 Å². The number of nitrogen functional groups attached to an aromatic ring is 1. The number of piperazine rings is 1. The third kappa shape index (κ3) is 3.84. The largest absolute Gasteiger partial charge is 0.383 e. The van der Waals surface area contributed by atoms with Crippen molar-refractivity contribution in [1.29, 1.82) is 0 Å². The lowest BCUT2D eigenvalue weighted by atomic mass is 9.97. The highest BCUT2D eigenvalue weighted by molar-refractivity contribution is 5.88. The molecule has 6 heteroatoms. The number of nitrogens with zero attached hydrogens (tertiary/aromatic N) is 4. The second kappa shape index (κ2) is 8.61. The molecule has 0 spiro atoms. The lowest BCUT2D eigenvalue weighted by Crippen LogP contribution is -2.45. The number of aryl methyl sites for hydroxylation is 2. The molecule has 0 atom stereocenters. The molecule has 1 aliphatic rings. The smallest absolute Gasteiger partial charge is 0.258 e. The average molecular weight is 454 g/mol. The number of nitrogens with two attached hydrogens (primary N) is 1. The number of fused-ring (bicyclic) bond motifs is 1. The van der Waals surface area contributed by atoms with Crippen LogP contribution in [0.2, 0.25) is 0 Å². The monoisotopic (exact) mass is 453 g/mol. The average Bonchev–Trinajstić information content (AvgIpc) is 2.82. The minimum atomic E-state index is -0.0406. The Labute approximate surface area is 200 Å². The van der Waals surface area contributed by atoms with E-state index in [1.165, 1.54) is 16.8 Å². The van der Waals surface area contributed by atoms with Crippen LogP contribution in [0.3, 0.4) is 0 Å². The molecule has 2 aromatic heterocycles. The van der Waals surface area contributed by atoms with Crippen molar-refractivity contribution in [2.24, 2.45) is 7.05 Å². The van der Waals surface area contributed by atoms with Crippen LogP contribution in [0.1, 0.15) is 11.1 Å². The lowest BCUT2D eigenvalue weighted by molar-refractivity contribution is 0.312. The van der Waals surface area contributed by atoms with Gasteiger partial charge in [-0.05, 0) is 73.3 Å². The summed E-state index contributed by atoms with van der Waals surface area (Å²) in [4.78, 5) is 22.4. The van der Waals surface area contributed by atoms with Gasteiger partial charge < -0.3 is 20.1 Å². The molecule has 2 aromatic carbocycles. The molecule has 34 heavy (non-hydrogen) atoms. The molecule has 0 bridgehead atoms. The number of hydrogen-bond donors (Lipinski definition) is 1.